The van der Waals surface area contributed by atoms with Crippen molar-refractivity contribution in [2.24, 2.45) is 5.73 Å². The Balaban J connectivity index is 1.70. The normalized spacial score (nSPS) is 15.1. The van der Waals surface area contributed by atoms with Crippen LogP contribution in [-0.4, -0.2) is 5.11 Å². The number of halogens is 3. The van der Waals surface area contributed by atoms with E-state index in [0.29, 0.717) is 37.7 Å². The number of hydrogen-bond acceptors (Lipinski definition) is 5. The molecule has 8 heteroatoms. The molecule has 0 saturated carbocycles. The summed E-state index contributed by atoms with van der Waals surface area (Å²) in [7, 11) is 0. The number of allylic oxidation sites excluding steroid dienone is 1. The Morgan fingerprint density at radius 1 is 1.03 bits per heavy atom. The number of phenolic OH excluding ortho intramolecular Hbond substituents is 1. The fraction of sp³-hybridized carbons (Fsp3) is 0.0870. The molecule has 3 aromatic carbocycles. The monoisotopic (exact) mass is 472 g/mol. The smallest absolute Gasteiger partial charge is 0.205 e. The third-order valence-electron chi connectivity index (χ3n) is 4.85. The Bertz CT molecular complexity index is 1210. The number of nitrogens with two attached hydrogens (primary N) is 1. The summed E-state index contributed by atoms with van der Waals surface area (Å²) in [6, 6.07) is 17.3. The summed E-state index contributed by atoms with van der Waals surface area (Å²) in [4.78, 5) is 0. The van der Waals surface area contributed by atoms with Gasteiger partial charge in [0, 0.05) is 16.7 Å². The van der Waals surface area contributed by atoms with Crippen LogP contribution in [0.2, 0.25) is 15.1 Å². The minimum absolute atomic E-state index is 0.0210. The summed E-state index contributed by atoms with van der Waals surface area (Å²) in [6.07, 6.45) is 0. The molecule has 0 aromatic heterocycles. The fourth-order valence-electron chi connectivity index (χ4n) is 3.41. The molecule has 4 rings (SSSR count). The number of hydrogen-bond donors (Lipinski definition) is 2. The molecule has 0 spiro atoms. The Kier molecular flexibility index (Phi) is 5.88. The van der Waals surface area contributed by atoms with Crippen molar-refractivity contribution >= 4 is 34.8 Å². The maximum Gasteiger partial charge on any atom is 0.205 e. The topological polar surface area (TPSA) is 88.5 Å². The van der Waals surface area contributed by atoms with E-state index in [-0.39, 0.29) is 23.8 Å². The van der Waals surface area contributed by atoms with Crippen LogP contribution in [0.25, 0.3) is 0 Å². The number of fused-ring (bicyclic) bond motifs is 1. The Hall–Kier alpha value is -3.04. The van der Waals surface area contributed by atoms with Gasteiger partial charge in [0.15, 0.2) is 5.75 Å². The first-order valence-corrected chi connectivity index (χ1v) is 10.3. The van der Waals surface area contributed by atoms with Crippen LogP contribution in [0.3, 0.4) is 0 Å². The highest BCUT2D eigenvalue weighted by Crippen LogP contribution is 2.46. The van der Waals surface area contributed by atoms with Crippen LogP contribution >= 0.6 is 34.8 Å². The average Bonchev–Trinajstić information content (AvgIpc) is 2.73. The van der Waals surface area contributed by atoms with Gasteiger partial charge in [-0.2, -0.15) is 5.26 Å². The molecule has 1 heterocycles. The number of aromatic hydroxyl groups is 1. The van der Waals surface area contributed by atoms with Gasteiger partial charge in [-0.1, -0.05) is 53.0 Å². The van der Waals surface area contributed by atoms with E-state index in [0.717, 1.165) is 5.56 Å². The lowest BCUT2D eigenvalue weighted by Gasteiger charge is -2.27. The largest absolute Gasteiger partial charge is 0.508 e. The molecule has 0 unspecified atom stereocenters. The van der Waals surface area contributed by atoms with E-state index < -0.39 is 5.92 Å². The number of nitrogens with zero attached hydrogens (tertiary/aromatic N) is 1. The zero-order valence-corrected chi connectivity index (χ0v) is 18.2. The van der Waals surface area contributed by atoms with Gasteiger partial charge in [0.1, 0.15) is 29.7 Å². The van der Waals surface area contributed by atoms with Gasteiger partial charge in [-0.25, -0.2) is 0 Å². The van der Waals surface area contributed by atoms with Crippen molar-refractivity contribution in [3.8, 4) is 23.3 Å². The Morgan fingerprint density at radius 3 is 2.35 bits per heavy atom. The molecular weight excluding hydrogens is 459 g/mol. The zero-order valence-electron chi connectivity index (χ0n) is 15.9. The van der Waals surface area contributed by atoms with Crippen LogP contribution in [0.4, 0.5) is 0 Å². The van der Waals surface area contributed by atoms with Crippen LogP contribution in [0.1, 0.15) is 22.6 Å². The van der Waals surface area contributed by atoms with Gasteiger partial charge >= 0.3 is 0 Å². The summed E-state index contributed by atoms with van der Waals surface area (Å²) in [5.74, 6) is 0.107. The third kappa shape index (κ3) is 4.24. The van der Waals surface area contributed by atoms with E-state index in [1.54, 1.807) is 30.3 Å². The first-order chi connectivity index (χ1) is 14.9. The minimum Gasteiger partial charge on any atom is -0.508 e. The van der Waals surface area contributed by atoms with E-state index >= 15 is 0 Å². The lowest BCUT2D eigenvalue weighted by atomic mass is 9.83. The van der Waals surface area contributed by atoms with Gasteiger partial charge in [-0.15, -0.1) is 0 Å². The first kappa shape index (κ1) is 21.2. The molecule has 0 saturated heterocycles. The second-order valence-electron chi connectivity index (χ2n) is 6.88. The van der Waals surface area contributed by atoms with Crippen molar-refractivity contribution in [2.75, 3.05) is 0 Å². The molecule has 3 aromatic rings. The van der Waals surface area contributed by atoms with E-state index in [4.69, 9.17) is 50.0 Å². The number of rotatable bonds is 4. The third-order valence-corrected chi connectivity index (χ3v) is 5.67. The average molecular weight is 474 g/mol. The SMILES string of the molecule is N#CC1=C(N)Oc2cc(O)ccc2[C@H]1c1cc(Cl)c(OCc2ccc(Cl)cc2)c(Cl)c1. The lowest BCUT2D eigenvalue weighted by molar-refractivity contribution is 0.306. The molecule has 3 N–H and O–H groups in total. The van der Waals surface area contributed by atoms with Crippen LogP contribution < -0.4 is 15.2 Å². The summed E-state index contributed by atoms with van der Waals surface area (Å²) in [5, 5.41) is 20.7. The molecule has 156 valence electrons. The zero-order chi connectivity index (χ0) is 22.1. The summed E-state index contributed by atoms with van der Waals surface area (Å²) in [6.45, 7) is 0.256. The van der Waals surface area contributed by atoms with E-state index in [9.17, 15) is 10.4 Å². The van der Waals surface area contributed by atoms with Crippen molar-refractivity contribution in [3.05, 3.63) is 97.8 Å². The molecule has 1 aliphatic heterocycles. The Labute approximate surface area is 193 Å². The van der Waals surface area contributed by atoms with Crippen LogP contribution in [0.5, 0.6) is 17.2 Å². The first-order valence-electron chi connectivity index (χ1n) is 9.14. The molecule has 1 aliphatic rings. The molecule has 0 bridgehead atoms. The van der Waals surface area contributed by atoms with Crippen molar-refractivity contribution in [1.29, 1.82) is 5.26 Å². The van der Waals surface area contributed by atoms with Crippen molar-refractivity contribution in [3.63, 3.8) is 0 Å². The lowest BCUT2D eigenvalue weighted by Crippen LogP contribution is -2.21. The number of benzene rings is 3. The molecule has 0 radical (unpaired) electrons. The quantitative estimate of drug-likeness (QED) is 0.474. The summed E-state index contributed by atoms with van der Waals surface area (Å²) < 4.78 is 11.4. The number of nitriles is 1. The van der Waals surface area contributed by atoms with Gasteiger partial charge in [-0.05, 0) is 41.5 Å². The molecule has 0 aliphatic carbocycles. The van der Waals surface area contributed by atoms with Gasteiger partial charge in [0.25, 0.3) is 0 Å². The second kappa shape index (κ2) is 8.60. The predicted octanol–water partition coefficient (Wildman–Crippen LogP) is 6.15. The highest BCUT2D eigenvalue weighted by molar-refractivity contribution is 6.37. The van der Waals surface area contributed by atoms with Crippen LogP contribution in [0, 0.1) is 11.3 Å². The predicted molar refractivity (Wildman–Crippen MR) is 120 cm³/mol. The van der Waals surface area contributed by atoms with Crippen LogP contribution in [-0.2, 0) is 6.61 Å². The van der Waals surface area contributed by atoms with E-state index in [2.05, 4.69) is 6.07 Å². The number of ether oxygens (including phenoxy) is 2. The Morgan fingerprint density at radius 2 is 1.71 bits per heavy atom. The molecule has 1 atom stereocenters. The standard InChI is InChI=1S/C23H15Cl3N2O3/c24-14-3-1-12(2-4-14)11-30-22-18(25)7-13(8-19(22)26)21-16-6-5-15(29)9-20(16)31-23(28)17(21)10-27/h1-9,21,29H,11,28H2/t21-/m1/s1. The molecule has 31 heavy (non-hydrogen) atoms. The molecule has 0 amide bonds. The fourth-order valence-corrected chi connectivity index (χ4v) is 4.15. The van der Waals surface area contributed by atoms with Gasteiger partial charge < -0.3 is 20.3 Å². The summed E-state index contributed by atoms with van der Waals surface area (Å²) >= 11 is 18.9. The summed E-state index contributed by atoms with van der Waals surface area (Å²) in [5.41, 5.74) is 8.39. The van der Waals surface area contributed by atoms with Crippen LogP contribution in [0.15, 0.2) is 66.1 Å². The highest BCUT2D eigenvalue weighted by Gasteiger charge is 2.31. The van der Waals surface area contributed by atoms with Gasteiger partial charge in [0.2, 0.25) is 5.88 Å². The van der Waals surface area contributed by atoms with E-state index in [1.165, 1.54) is 12.1 Å². The van der Waals surface area contributed by atoms with E-state index in [1.807, 2.05) is 12.1 Å². The van der Waals surface area contributed by atoms with Gasteiger partial charge in [-0.3, -0.25) is 0 Å². The highest BCUT2D eigenvalue weighted by atomic mass is 35.5. The minimum atomic E-state index is -0.560. The van der Waals surface area contributed by atoms with Crippen molar-refractivity contribution in [1.82, 2.24) is 0 Å². The second-order valence-corrected chi connectivity index (χ2v) is 8.13. The van der Waals surface area contributed by atoms with Crippen molar-refractivity contribution < 1.29 is 14.6 Å². The molecular formula is C23H15Cl3N2O3. The van der Waals surface area contributed by atoms with Crippen molar-refractivity contribution in [2.45, 2.75) is 12.5 Å². The molecule has 5 nitrogen and oxygen atoms in total. The molecule has 0 fully saturated rings. The maximum atomic E-state index is 9.78. The number of phenols is 1. The maximum absolute atomic E-state index is 9.78. The van der Waals surface area contributed by atoms with Gasteiger partial charge in [0.05, 0.1) is 16.0 Å².